The van der Waals surface area contributed by atoms with E-state index in [4.69, 9.17) is 11.6 Å². The minimum Gasteiger partial charge on any atom is -0.273 e. The number of carbonyl (C=O) groups excluding carboxylic acids is 1. The van der Waals surface area contributed by atoms with Crippen molar-refractivity contribution in [3.8, 4) is 0 Å². The van der Waals surface area contributed by atoms with E-state index >= 15 is 0 Å². The maximum atomic E-state index is 12.3. The Morgan fingerprint density at radius 2 is 1.92 bits per heavy atom. The molecule has 0 saturated heterocycles. The average Bonchev–Trinajstić information content (AvgIpc) is 2.59. The van der Waals surface area contributed by atoms with E-state index in [1.54, 1.807) is 30.0 Å². The smallest absolute Gasteiger partial charge is 0.273 e. The van der Waals surface area contributed by atoms with Crippen molar-refractivity contribution in [2.75, 3.05) is 11.2 Å². The SMILES string of the molecule is O=C(CCSc1ccc(Cl)cc1)Nn1cnc2ccccc2c1=O. The van der Waals surface area contributed by atoms with Crippen LogP contribution >= 0.6 is 23.4 Å². The second kappa shape index (κ2) is 7.51. The summed E-state index contributed by atoms with van der Waals surface area (Å²) in [6.45, 7) is 0. The van der Waals surface area contributed by atoms with E-state index in [2.05, 4.69) is 10.4 Å². The van der Waals surface area contributed by atoms with E-state index < -0.39 is 0 Å². The Morgan fingerprint density at radius 3 is 2.71 bits per heavy atom. The number of hydrogen-bond acceptors (Lipinski definition) is 4. The number of hydrogen-bond donors (Lipinski definition) is 1. The summed E-state index contributed by atoms with van der Waals surface area (Å²) in [5.74, 6) is 0.360. The van der Waals surface area contributed by atoms with Crippen molar-refractivity contribution in [2.24, 2.45) is 0 Å². The molecule has 122 valence electrons. The van der Waals surface area contributed by atoms with Crippen LogP contribution in [0.5, 0.6) is 0 Å². The van der Waals surface area contributed by atoms with Crippen molar-refractivity contribution >= 4 is 40.2 Å². The summed E-state index contributed by atoms with van der Waals surface area (Å²) in [7, 11) is 0. The fourth-order valence-electron chi connectivity index (χ4n) is 2.13. The zero-order valence-electron chi connectivity index (χ0n) is 12.6. The van der Waals surface area contributed by atoms with Crippen molar-refractivity contribution < 1.29 is 4.79 Å². The normalized spacial score (nSPS) is 10.7. The lowest BCUT2D eigenvalue weighted by atomic mass is 10.2. The highest BCUT2D eigenvalue weighted by molar-refractivity contribution is 7.99. The molecular weight excluding hydrogens is 346 g/mol. The number of amides is 1. The molecule has 0 aliphatic heterocycles. The monoisotopic (exact) mass is 359 g/mol. The van der Waals surface area contributed by atoms with E-state index in [9.17, 15) is 9.59 Å². The third-order valence-electron chi connectivity index (χ3n) is 3.32. The molecule has 3 rings (SSSR count). The topological polar surface area (TPSA) is 64.0 Å². The van der Waals surface area contributed by atoms with Crippen LogP contribution in [0.3, 0.4) is 0 Å². The predicted molar refractivity (Wildman–Crippen MR) is 97.2 cm³/mol. The summed E-state index contributed by atoms with van der Waals surface area (Å²) < 4.78 is 1.12. The van der Waals surface area contributed by atoms with E-state index in [1.807, 2.05) is 30.3 Å². The molecule has 5 nitrogen and oxygen atoms in total. The highest BCUT2D eigenvalue weighted by Gasteiger charge is 2.07. The first-order chi connectivity index (χ1) is 11.6. The molecule has 7 heteroatoms. The van der Waals surface area contributed by atoms with Gasteiger partial charge in [-0.15, -0.1) is 11.8 Å². The molecule has 0 saturated carbocycles. The van der Waals surface area contributed by atoms with Gasteiger partial charge in [-0.1, -0.05) is 23.7 Å². The second-order valence-electron chi connectivity index (χ2n) is 5.02. The van der Waals surface area contributed by atoms with Crippen LogP contribution in [0.4, 0.5) is 0 Å². The standard InChI is InChI=1S/C17H14ClN3O2S/c18-12-5-7-13(8-6-12)24-10-9-16(22)20-21-11-19-15-4-2-1-3-14(15)17(21)23/h1-8,11H,9-10H2,(H,20,22). The molecule has 24 heavy (non-hydrogen) atoms. The number of thioether (sulfide) groups is 1. The number of benzene rings is 2. The van der Waals surface area contributed by atoms with Gasteiger partial charge in [-0.25, -0.2) is 9.66 Å². The summed E-state index contributed by atoms with van der Waals surface area (Å²) in [4.78, 5) is 29.5. The van der Waals surface area contributed by atoms with Gasteiger partial charge in [0.05, 0.1) is 10.9 Å². The van der Waals surface area contributed by atoms with Gasteiger partial charge in [-0.3, -0.25) is 15.0 Å². The number of fused-ring (bicyclic) bond motifs is 1. The van der Waals surface area contributed by atoms with Crippen LogP contribution < -0.4 is 11.0 Å². The molecule has 0 bridgehead atoms. The molecule has 1 heterocycles. The molecule has 1 aromatic heterocycles. The van der Waals surface area contributed by atoms with Crippen molar-refractivity contribution in [3.05, 3.63) is 70.2 Å². The van der Waals surface area contributed by atoms with Gasteiger partial charge in [-0.2, -0.15) is 0 Å². The van der Waals surface area contributed by atoms with Crippen LogP contribution in [0, 0.1) is 0 Å². The third kappa shape index (κ3) is 3.96. The minimum absolute atomic E-state index is 0.240. The van der Waals surface area contributed by atoms with Crippen LogP contribution in [-0.2, 0) is 4.79 Å². The van der Waals surface area contributed by atoms with Crippen LogP contribution in [-0.4, -0.2) is 21.3 Å². The van der Waals surface area contributed by atoms with Gasteiger partial charge in [-0.05, 0) is 36.4 Å². The quantitative estimate of drug-likeness (QED) is 0.710. The fourth-order valence-corrected chi connectivity index (χ4v) is 3.11. The number of nitrogens with one attached hydrogen (secondary N) is 1. The van der Waals surface area contributed by atoms with Gasteiger partial charge in [0.2, 0.25) is 5.91 Å². The number of para-hydroxylation sites is 1. The molecule has 0 atom stereocenters. The van der Waals surface area contributed by atoms with Crippen LogP contribution in [0.1, 0.15) is 6.42 Å². The zero-order chi connectivity index (χ0) is 16.9. The Balaban J connectivity index is 1.60. The lowest BCUT2D eigenvalue weighted by molar-refractivity contribution is -0.116. The van der Waals surface area contributed by atoms with Gasteiger partial charge in [0.1, 0.15) is 6.33 Å². The van der Waals surface area contributed by atoms with Gasteiger partial charge in [0.15, 0.2) is 0 Å². The molecule has 3 aromatic rings. The number of carbonyl (C=O) groups is 1. The number of rotatable bonds is 5. The lowest BCUT2D eigenvalue weighted by Gasteiger charge is -2.08. The maximum absolute atomic E-state index is 12.3. The third-order valence-corrected chi connectivity index (χ3v) is 4.59. The Morgan fingerprint density at radius 1 is 1.17 bits per heavy atom. The molecule has 0 spiro atoms. The Labute approximate surface area is 147 Å². The van der Waals surface area contributed by atoms with Crippen molar-refractivity contribution in [2.45, 2.75) is 11.3 Å². The number of aromatic nitrogens is 2. The van der Waals surface area contributed by atoms with Gasteiger partial charge in [0.25, 0.3) is 5.56 Å². The van der Waals surface area contributed by atoms with Gasteiger partial charge < -0.3 is 0 Å². The molecule has 1 amide bonds. The van der Waals surface area contributed by atoms with Crippen LogP contribution in [0.2, 0.25) is 5.02 Å². The maximum Gasteiger partial charge on any atom is 0.280 e. The molecule has 0 unspecified atom stereocenters. The minimum atomic E-state index is -0.292. The van der Waals surface area contributed by atoms with Crippen molar-refractivity contribution in [3.63, 3.8) is 0 Å². The largest absolute Gasteiger partial charge is 0.280 e. The van der Waals surface area contributed by atoms with E-state index in [-0.39, 0.29) is 17.9 Å². The molecule has 1 N–H and O–H groups in total. The first kappa shape index (κ1) is 16.5. The predicted octanol–water partition coefficient (Wildman–Crippen LogP) is 3.30. The molecule has 0 radical (unpaired) electrons. The first-order valence-electron chi connectivity index (χ1n) is 7.28. The summed E-state index contributed by atoms with van der Waals surface area (Å²) >= 11 is 7.38. The van der Waals surface area contributed by atoms with E-state index in [1.165, 1.54) is 6.33 Å². The molecular formula is C17H14ClN3O2S. The second-order valence-corrected chi connectivity index (χ2v) is 6.63. The highest BCUT2D eigenvalue weighted by atomic mass is 35.5. The zero-order valence-corrected chi connectivity index (χ0v) is 14.2. The van der Waals surface area contributed by atoms with Crippen molar-refractivity contribution in [1.82, 2.24) is 9.66 Å². The van der Waals surface area contributed by atoms with E-state index in [0.717, 1.165) is 9.57 Å². The average molecular weight is 360 g/mol. The summed E-state index contributed by atoms with van der Waals surface area (Å²) in [5, 5.41) is 1.15. The van der Waals surface area contributed by atoms with Crippen LogP contribution in [0.15, 0.2) is 64.5 Å². The summed E-state index contributed by atoms with van der Waals surface area (Å²) in [6, 6.07) is 14.4. The summed E-state index contributed by atoms with van der Waals surface area (Å²) in [5.41, 5.74) is 2.88. The van der Waals surface area contributed by atoms with Gasteiger partial charge in [0, 0.05) is 22.1 Å². The summed E-state index contributed by atoms with van der Waals surface area (Å²) in [6.07, 6.45) is 1.61. The van der Waals surface area contributed by atoms with Crippen molar-refractivity contribution in [1.29, 1.82) is 0 Å². The highest BCUT2D eigenvalue weighted by Crippen LogP contribution is 2.20. The Kier molecular flexibility index (Phi) is 5.17. The Hall–Kier alpha value is -2.31. The van der Waals surface area contributed by atoms with Crippen LogP contribution in [0.25, 0.3) is 10.9 Å². The number of nitrogens with zero attached hydrogens (tertiary/aromatic N) is 2. The molecule has 0 aliphatic rings. The first-order valence-corrected chi connectivity index (χ1v) is 8.64. The van der Waals surface area contributed by atoms with Gasteiger partial charge >= 0.3 is 0 Å². The fraction of sp³-hybridized carbons (Fsp3) is 0.118. The Bertz CT molecular complexity index is 925. The lowest BCUT2D eigenvalue weighted by Crippen LogP contribution is -2.33. The molecule has 0 aliphatic carbocycles. The molecule has 2 aromatic carbocycles. The van der Waals surface area contributed by atoms with E-state index in [0.29, 0.717) is 21.7 Å². The molecule has 0 fully saturated rings. The number of halogens is 1.